The van der Waals surface area contributed by atoms with Crippen LogP contribution in [0.3, 0.4) is 0 Å². The van der Waals surface area contributed by atoms with Crippen LogP contribution in [0.15, 0.2) is 48.2 Å². The van der Waals surface area contributed by atoms with Gasteiger partial charge in [-0.3, -0.25) is 19.1 Å². The van der Waals surface area contributed by atoms with Gasteiger partial charge >= 0.3 is 12.4 Å². The number of hydrogen-bond donors (Lipinski definition) is 1. The van der Waals surface area contributed by atoms with Gasteiger partial charge in [-0.15, -0.1) is 11.3 Å². The number of benzene rings is 1. The molecule has 4 saturated heterocycles. The number of likely N-dealkylation sites (tertiary alicyclic amines) is 2. The van der Waals surface area contributed by atoms with Crippen molar-refractivity contribution < 1.29 is 54.9 Å². The van der Waals surface area contributed by atoms with E-state index in [9.17, 15) is 40.7 Å². The minimum Gasteiger partial charge on any atom is -0.378 e. The van der Waals surface area contributed by atoms with Crippen LogP contribution in [0.2, 0.25) is 0 Å². The predicted molar refractivity (Wildman–Crippen MR) is 220 cm³/mol. The van der Waals surface area contributed by atoms with Crippen molar-refractivity contribution >= 4 is 29.1 Å². The van der Waals surface area contributed by atoms with Crippen LogP contribution >= 0.6 is 11.3 Å². The van der Waals surface area contributed by atoms with E-state index in [1.807, 2.05) is 18.5 Å². The highest BCUT2D eigenvalue weighted by atomic mass is 32.1. The maximum atomic E-state index is 14.7. The van der Waals surface area contributed by atoms with Crippen molar-refractivity contribution in [1.29, 1.82) is 0 Å². The second-order valence-corrected chi connectivity index (χ2v) is 20.2. The van der Waals surface area contributed by atoms with Crippen LogP contribution in [0.25, 0.3) is 0 Å². The van der Waals surface area contributed by atoms with Crippen molar-refractivity contribution in [3.05, 3.63) is 69.9 Å². The maximum Gasteiger partial charge on any atom is 0.416 e. The lowest BCUT2D eigenvalue weighted by Gasteiger charge is -2.51. The predicted octanol–water partition coefficient (Wildman–Crippen LogP) is 7.24. The van der Waals surface area contributed by atoms with E-state index in [2.05, 4.69) is 15.4 Å². The molecule has 3 saturated carbocycles. The smallest absolute Gasteiger partial charge is 0.378 e. The molecular weight excluding hydrogens is 867 g/mol. The first-order valence-electron chi connectivity index (χ1n) is 22.3. The van der Waals surface area contributed by atoms with Gasteiger partial charge in [-0.1, -0.05) is 12.1 Å². The summed E-state index contributed by atoms with van der Waals surface area (Å²) in [6, 6.07) is 4.01. The first-order chi connectivity index (χ1) is 30.4. The van der Waals surface area contributed by atoms with Crippen LogP contribution in [0.1, 0.15) is 104 Å². The highest BCUT2D eigenvalue weighted by Gasteiger charge is 2.71. The van der Waals surface area contributed by atoms with Gasteiger partial charge in [0.25, 0.3) is 5.91 Å². The highest BCUT2D eigenvalue weighted by molar-refractivity contribution is 7.09. The Labute approximate surface area is 371 Å². The molecule has 7 aliphatic rings. The number of carbonyl (C=O) groups is 3. The first-order valence-corrected chi connectivity index (χ1v) is 23.2. The van der Waals surface area contributed by atoms with Gasteiger partial charge in [0.1, 0.15) is 5.41 Å². The van der Waals surface area contributed by atoms with Gasteiger partial charge < -0.3 is 29.3 Å². The zero-order valence-corrected chi connectivity index (χ0v) is 36.5. The number of aromatic nitrogens is 3. The number of fused-ring (bicyclic) bond motifs is 3. The van der Waals surface area contributed by atoms with Gasteiger partial charge in [0.2, 0.25) is 11.8 Å². The molecule has 64 heavy (non-hydrogen) atoms. The molecule has 1 unspecified atom stereocenters. The van der Waals surface area contributed by atoms with Crippen LogP contribution in [0, 0.1) is 22.2 Å². The number of halogens is 6. The Hall–Kier alpha value is -4.07. The van der Waals surface area contributed by atoms with Crippen LogP contribution in [0.5, 0.6) is 0 Å². The number of nitrogens with zero attached hydrogens (tertiary/aromatic N) is 5. The summed E-state index contributed by atoms with van der Waals surface area (Å²) < 4.78 is 102. The Kier molecular flexibility index (Phi) is 12.2. The lowest BCUT2D eigenvalue weighted by atomic mass is 9.70. The zero-order valence-electron chi connectivity index (χ0n) is 35.7. The average Bonchev–Trinajstić information content (AvgIpc) is 3.55. The fraction of sp³-hybridized carbons (Fsp3) is 0.667. The molecule has 3 amide bonds. The second-order valence-electron chi connectivity index (χ2n) is 19.3. The SMILES string of the molecule is C[C@@H](OCC12CCC(CC1)OC2)C(COC1CCC(c2nccs2)CC1)NC(=O)[C@@H]1CN(C(=O)c2cnn(Cc3ccc(C(F)(F)F)cc3)c2)CC12CN(C(=O)C1(C(F)(F)F)CC1)C2. The minimum absolute atomic E-state index is 0.00980. The molecule has 4 aliphatic heterocycles. The number of amides is 3. The topological polar surface area (TPSA) is 128 Å². The Balaban J connectivity index is 0.908. The second kappa shape index (κ2) is 17.3. The molecule has 10 rings (SSSR count). The fourth-order valence-corrected chi connectivity index (χ4v) is 11.4. The molecule has 7 fully saturated rings. The Morgan fingerprint density at radius 1 is 0.953 bits per heavy atom. The van der Waals surface area contributed by atoms with Crippen LogP contribution in [-0.4, -0.2) is 119 Å². The number of nitrogens with one attached hydrogen (secondary N) is 1. The molecule has 3 atom stereocenters. The Bertz CT molecular complexity index is 2130. The third-order valence-corrected chi connectivity index (χ3v) is 15.8. The van der Waals surface area contributed by atoms with E-state index in [0.717, 1.165) is 68.5 Å². The van der Waals surface area contributed by atoms with E-state index in [4.69, 9.17) is 14.2 Å². The molecular formula is C45H54F6N6O6S. The third kappa shape index (κ3) is 9.06. The molecule has 0 radical (unpaired) electrons. The van der Waals surface area contributed by atoms with E-state index in [1.54, 1.807) is 11.3 Å². The van der Waals surface area contributed by atoms with Crippen molar-refractivity contribution in [3.8, 4) is 0 Å². The largest absolute Gasteiger partial charge is 0.416 e. The molecule has 6 heterocycles. The minimum atomic E-state index is -4.70. The quantitative estimate of drug-likeness (QED) is 0.168. The van der Waals surface area contributed by atoms with Crippen molar-refractivity contribution in [3.63, 3.8) is 0 Å². The van der Waals surface area contributed by atoms with Crippen molar-refractivity contribution in [2.75, 3.05) is 46.0 Å². The average molecular weight is 921 g/mol. The van der Waals surface area contributed by atoms with Gasteiger partial charge in [-0.25, -0.2) is 4.98 Å². The molecule has 3 aliphatic carbocycles. The van der Waals surface area contributed by atoms with Crippen molar-refractivity contribution in [2.24, 2.45) is 22.2 Å². The summed E-state index contributed by atoms with van der Waals surface area (Å²) in [5.74, 6) is -2.39. The summed E-state index contributed by atoms with van der Waals surface area (Å²) in [6.45, 7) is 2.91. The monoisotopic (exact) mass is 920 g/mol. The highest BCUT2D eigenvalue weighted by Crippen LogP contribution is 2.60. The van der Waals surface area contributed by atoms with Gasteiger partial charge in [-0.2, -0.15) is 31.4 Å². The Morgan fingerprint density at radius 3 is 2.27 bits per heavy atom. The number of rotatable bonds is 14. The summed E-state index contributed by atoms with van der Waals surface area (Å²) in [4.78, 5) is 49.4. The van der Waals surface area contributed by atoms with E-state index < -0.39 is 64.5 Å². The fourth-order valence-electron chi connectivity index (χ4n) is 10.6. The van der Waals surface area contributed by atoms with E-state index in [1.165, 1.54) is 39.0 Å². The third-order valence-electron chi connectivity index (χ3n) is 14.9. The Morgan fingerprint density at radius 2 is 1.66 bits per heavy atom. The van der Waals surface area contributed by atoms with Gasteiger partial charge in [-0.05, 0) is 88.8 Å². The molecule has 3 aromatic rings. The van der Waals surface area contributed by atoms with E-state index in [-0.39, 0.29) is 69.3 Å². The number of hydrogen-bond acceptors (Lipinski definition) is 9. The van der Waals surface area contributed by atoms with Gasteiger partial charge in [0.15, 0.2) is 0 Å². The summed E-state index contributed by atoms with van der Waals surface area (Å²) in [5, 5.41) is 10.6. The lowest BCUT2D eigenvalue weighted by molar-refractivity contribution is -0.205. The number of ether oxygens (including phenoxy) is 3. The van der Waals surface area contributed by atoms with E-state index in [0.29, 0.717) is 30.8 Å². The number of thiazole rings is 1. The molecule has 12 nitrogen and oxygen atoms in total. The standard InChI is InChI=1S/C45H54F6N6O6S/c1-28(62-26-41-12-10-34(11-13-41)63-27-41)36(22-61-33-8-4-30(5-9-33)38-52-16-17-64-38)54-37(58)35-21-55(23-42(35)24-56(25-42)40(60)43(14-15-43)45(49,50)51)39(59)31-18-53-57(20-31)19-29-2-6-32(7-3-29)44(46,47)48/h2-3,6-7,16-18,20,28,30,33-36H,4-5,8-15,19,21-27H2,1H3,(H,54,58)/t28-,30?,33?,34?,35+,36?,41?/m1/s1. The molecule has 1 spiro atoms. The molecule has 1 N–H and O–H groups in total. The zero-order chi connectivity index (χ0) is 45.1. The summed E-state index contributed by atoms with van der Waals surface area (Å²) in [6.07, 6.45) is 2.09. The molecule has 348 valence electrons. The van der Waals surface area contributed by atoms with Crippen LogP contribution < -0.4 is 5.32 Å². The van der Waals surface area contributed by atoms with Gasteiger partial charge in [0.05, 0.1) is 79.0 Å². The van der Waals surface area contributed by atoms with Gasteiger partial charge in [0, 0.05) is 60.7 Å². The number of alkyl halides is 6. The molecule has 2 aromatic heterocycles. The van der Waals surface area contributed by atoms with Crippen molar-refractivity contribution in [1.82, 2.24) is 29.9 Å². The summed E-state index contributed by atoms with van der Waals surface area (Å²) in [5.41, 5.74) is -3.64. The normalized spacial score (nSPS) is 28.2. The van der Waals surface area contributed by atoms with Crippen LogP contribution in [0.4, 0.5) is 26.3 Å². The first kappa shape index (κ1) is 45.1. The molecule has 2 bridgehead atoms. The van der Waals surface area contributed by atoms with Crippen molar-refractivity contribution in [2.45, 2.75) is 120 Å². The molecule has 1 aromatic carbocycles. The summed E-state index contributed by atoms with van der Waals surface area (Å²) >= 11 is 1.65. The van der Waals surface area contributed by atoms with Crippen LogP contribution in [-0.2, 0) is 36.5 Å². The number of carbonyl (C=O) groups excluding carboxylic acids is 3. The van der Waals surface area contributed by atoms with E-state index >= 15 is 0 Å². The molecule has 19 heteroatoms. The lowest BCUT2D eigenvalue weighted by Crippen LogP contribution is -2.66. The summed E-state index contributed by atoms with van der Waals surface area (Å²) in [7, 11) is 0. The maximum absolute atomic E-state index is 14.7.